The lowest BCUT2D eigenvalue weighted by atomic mass is 10.1. The van der Waals surface area contributed by atoms with Crippen LogP contribution in [0.15, 0.2) is 18.2 Å². The molecule has 0 bridgehead atoms. The topological polar surface area (TPSA) is 57.7 Å². The van der Waals surface area contributed by atoms with Crippen LogP contribution in [0.25, 0.3) is 0 Å². The third-order valence-electron chi connectivity index (χ3n) is 4.96. The molecule has 1 aromatic carbocycles. The normalized spacial score (nSPS) is 14.1. The van der Waals surface area contributed by atoms with Crippen molar-refractivity contribution in [2.45, 2.75) is 20.3 Å². The zero-order chi connectivity index (χ0) is 21.1. The predicted octanol–water partition coefficient (Wildman–Crippen LogP) is 5.28. The fraction of sp³-hybridized carbons (Fsp3) is 0.400. The second-order valence-corrected chi connectivity index (χ2v) is 8.02. The highest BCUT2D eigenvalue weighted by Crippen LogP contribution is 2.37. The van der Waals surface area contributed by atoms with E-state index in [2.05, 4.69) is 15.2 Å². The largest absolute Gasteiger partial charge is 0.480 e. The van der Waals surface area contributed by atoms with Gasteiger partial charge in [0.15, 0.2) is 0 Å². The van der Waals surface area contributed by atoms with Gasteiger partial charge in [-0.1, -0.05) is 41.7 Å². The molecule has 6 nitrogen and oxygen atoms in total. The number of nitrogens with one attached hydrogen (secondary N) is 1. The van der Waals surface area contributed by atoms with Gasteiger partial charge in [0.25, 0.3) is 0 Å². The minimum atomic E-state index is -0.191. The predicted molar refractivity (Wildman–Crippen MR) is 119 cm³/mol. The molecule has 29 heavy (non-hydrogen) atoms. The summed E-state index contributed by atoms with van der Waals surface area (Å²) in [5.74, 6) is 0.409. The van der Waals surface area contributed by atoms with Crippen LogP contribution in [0, 0.1) is 6.92 Å². The summed E-state index contributed by atoms with van der Waals surface area (Å²) in [6, 6.07) is 5.07. The second kappa shape index (κ2) is 9.28. The Morgan fingerprint density at radius 3 is 2.31 bits per heavy atom. The van der Waals surface area contributed by atoms with E-state index in [-0.39, 0.29) is 6.03 Å². The highest BCUT2D eigenvalue weighted by molar-refractivity contribution is 6.41. The van der Waals surface area contributed by atoms with Crippen molar-refractivity contribution in [3.05, 3.63) is 44.5 Å². The molecular weight excluding hydrogens is 435 g/mol. The van der Waals surface area contributed by atoms with Crippen molar-refractivity contribution in [1.29, 1.82) is 0 Å². The van der Waals surface area contributed by atoms with Gasteiger partial charge in [-0.25, -0.2) is 9.78 Å². The number of hydrogen-bond acceptors (Lipinski definition) is 4. The quantitative estimate of drug-likeness (QED) is 0.679. The molecule has 3 rings (SSSR count). The highest BCUT2D eigenvalue weighted by atomic mass is 35.5. The zero-order valence-corrected chi connectivity index (χ0v) is 18.8. The van der Waals surface area contributed by atoms with Gasteiger partial charge >= 0.3 is 6.03 Å². The standard InChI is InChI=1S/C20H23Cl3N4O2/c1-4-13-9-17(19(29-3)24-12(13)2)25-20(28)27-7-5-26(6-8-27)18-15(22)10-14(21)11-16(18)23/h9-11H,4-8H2,1-3H3,(H,25,28). The van der Waals surface area contributed by atoms with Crippen molar-refractivity contribution >= 4 is 52.2 Å². The molecule has 0 radical (unpaired) electrons. The Balaban J connectivity index is 1.68. The number of aromatic nitrogens is 1. The van der Waals surface area contributed by atoms with Crippen molar-refractivity contribution in [2.75, 3.05) is 43.5 Å². The molecule has 9 heteroatoms. The van der Waals surface area contributed by atoms with E-state index >= 15 is 0 Å². The van der Waals surface area contributed by atoms with Gasteiger partial charge in [0.05, 0.1) is 22.8 Å². The Kier molecular flexibility index (Phi) is 6.98. The van der Waals surface area contributed by atoms with E-state index in [1.165, 1.54) is 0 Å². The summed E-state index contributed by atoms with van der Waals surface area (Å²) in [6.07, 6.45) is 0.826. The average molecular weight is 458 g/mol. The lowest BCUT2D eigenvalue weighted by molar-refractivity contribution is 0.208. The fourth-order valence-electron chi connectivity index (χ4n) is 3.39. The minimum Gasteiger partial charge on any atom is -0.480 e. The molecule has 0 spiro atoms. The molecule has 1 N–H and O–H groups in total. The summed E-state index contributed by atoms with van der Waals surface area (Å²) in [5.41, 5.74) is 3.28. The summed E-state index contributed by atoms with van der Waals surface area (Å²) < 4.78 is 5.33. The van der Waals surface area contributed by atoms with Crippen molar-refractivity contribution in [1.82, 2.24) is 9.88 Å². The molecule has 2 aromatic rings. The van der Waals surface area contributed by atoms with Crippen LogP contribution in [-0.2, 0) is 6.42 Å². The lowest BCUT2D eigenvalue weighted by Crippen LogP contribution is -2.50. The van der Waals surface area contributed by atoms with Gasteiger partial charge in [0, 0.05) is 36.9 Å². The number of rotatable bonds is 4. The summed E-state index contributed by atoms with van der Waals surface area (Å²) in [7, 11) is 1.54. The van der Waals surface area contributed by atoms with Gasteiger partial charge in [-0.3, -0.25) is 0 Å². The molecule has 0 aliphatic carbocycles. The maximum atomic E-state index is 12.8. The Bertz CT molecular complexity index is 892. The van der Waals surface area contributed by atoms with Crippen LogP contribution in [0.5, 0.6) is 5.88 Å². The van der Waals surface area contributed by atoms with Crippen LogP contribution < -0.4 is 15.0 Å². The van der Waals surface area contributed by atoms with E-state index in [0.717, 1.165) is 23.4 Å². The average Bonchev–Trinajstić information content (AvgIpc) is 2.68. The third-order valence-corrected chi connectivity index (χ3v) is 5.76. The number of amides is 2. The van der Waals surface area contributed by atoms with E-state index in [1.54, 1.807) is 24.1 Å². The number of hydrogen-bond donors (Lipinski definition) is 1. The summed E-state index contributed by atoms with van der Waals surface area (Å²) >= 11 is 18.6. The molecule has 1 fully saturated rings. The SMILES string of the molecule is CCc1cc(NC(=O)N2CCN(c3c(Cl)cc(Cl)cc3Cl)CC2)c(OC)nc1C. The van der Waals surface area contributed by atoms with E-state index in [9.17, 15) is 4.79 Å². The smallest absolute Gasteiger partial charge is 0.322 e. The number of piperazine rings is 1. The number of halogens is 3. The van der Waals surface area contributed by atoms with Gasteiger partial charge in [0.1, 0.15) is 5.69 Å². The number of carbonyl (C=O) groups excluding carboxylic acids is 1. The van der Waals surface area contributed by atoms with E-state index in [0.29, 0.717) is 52.8 Å². The van der Waals surface area contributed by atoms with Crippen LogP contribution in [0.2, 0.25) is 15.1 Å². The Morgan fingerprint density at radius 1 is 1.14 bits per heavy atom. The van der Waals surface area contributed by atoms with Crippen molar-refractivity contribution in [2.24, 2.45) is 0 Å². The van der Waals surface area contributed by atoms with Crippen LogP contribution in [0.4, 0.5) is 16.2 Å². The first kappa shape index (κ1) is 21.8. The van der Waals surface area contributed by atoms with Gasteiger partial charge in [-0.2, -0.15) is 0 Å². The lowest BCUT2D eigenvalue weighted by Gasteiger charge is -2.36. The number of anilines is 2. The number of pyridine rings is 1. The molecule has 1 saturated heterocycles. The van der Waals surface area contributed by atoms with E-state index < -0.39 is 0 Å². The molecule has 1 aliphatic rings. The number of carbonyl (C=O) groups is 1. The Labute approximate surface area is 185 Å². The maximum Gasteiger partial charge on any atom is 0.322 e. The van der Waals surface area contributed by atoms with Crippen LogP contribution >= 0.6 is 34.8 Å². The first-order valence-electron chi connectivity index (χ1n) is 9.34. The molecule has 0 unspecified atom stereocenters. The van der Waals surface area contributed by atoms with Gasteiger partial charge in [-0.05, 0) is 37.1 Å². The van der Waals surface area contributed by atoms with Gasteiger partial charge in [0.2, 0.25) is 5.88 Å². The van der Waals surface area contributed by atoms with Crippen molar-refractivity contribution in [3.63, 3.8) is 0 Å². The van der Waals surface area contributed by atoms with Crippen molar-refractivity contribution in [3.8, 4) is 5.88 Å². The number of benzene rings is 1. The Morgan fingerprint density at radius 2 is 1.76 bits per heavy atom. The first-order chi connectivity index (χ1) is 13.8. The molecular formula is C20H23Cl3N4O2. The maximum absolute atomic E-state index is 12.8. The van der Waals surface area contributed by atoms with Crippen molar-refractivity contribution < 1.29 is 9.53 Å². The van der Waals surface area contributed by atoms with E-state index in [1.807, 2.05) is 19.9 Å². The molecule has 2 heterocycles. The number of aryl methyl sites for hydroxylation is 2. The number of nitrogens with zero attached hydrogens (tertiary/aromatic N) is 3. The monoisotopic (exact) mass is 456 g/mol. The van der Waals surface area contributed by atoms with Crippen LogP contribution in [0.3, 0.4) is 0 Å². The number of ether oxygens (including phenoxy) is 1. The second-order valence-electron chi connectivity index (χ2n) is 6.77. The minimum absolute atomic E-state index is 0.191. The zero-order valence-electron chi connectivity index (χ0n) is 16.6. The van der Waals surface area contributed by atoms with E-state index in [4.69, 9.17) is 39.5 Å². The van der Waals surface area contributed by atoms with Crippen LogP contribution in [-0.4, -0.2) is 49.2 Å². The number of methoxy groups -OCH3 is 1. The Hall–Kier alpha value is -1.89. The summed E-state index contributed by atoms with van der Waals surface area (Å²) in [5, 5.41) is 4.43. The van der Waals surface area contributed by atoms with Gasteiger partial charge in [-0.15, -0.1) is 0 Å². The molecule has 2 amide bonds. The molecule has 1 aliphatic heterocycles. The first-order valence-corrected chi connectivity index (χ1v) is 10.5. The molecule has 1 aromatic heterocycles. The molecule has 0 saturated carbocycles. The van der Waals surface area contributed by atoms with Gasteiger partial charge < -0.3 is 19.9 Å². The summed E-state index contributed by atoms with van der Waals surface area (Å²) in [6.45, 7) is 6.26. The molecule has 0 atom stereocenters. The summed E-state index contributed by atoms with van der Waals surface area (Å²) in [4.78, 5) is 21.0. The van der Waals surface area contributed by atoms with Crippen LogP contribution in [0.1, 0.15) is 18.2 Å². The number of urea groups is 1. The third kappa shape index (κ3) is 4.82. The highest BCUT2D eigenvalue weighted by Gasteiger charge is 2.25. The molecule has 156 valence electrons. The fourth-order valence-corrected chi connectivity index (χ4v) is 4.45.